The molecule has 3 heterocycles. The van der Waals surface area contributed by atoms with Gasteiger partial charge in [-0.15, -0.1) is 0 Å². The standard InChI is InChI=1S/C22H30N6O5/c1-32-16-5-2-4-15(12-16)26-22(31)25-13-17-19(20(30)18(14-29)33-17)27-8-10-28(11-9-27)21-23-6-3-7-24-21/h2-7,12,17-20,29-30H,8-11,13-14H2,1H3,(H2,25,26,31)/t17-,18-,19-,20+/m0/s1. The zero-order valence-electron chi connectivity index (χ0n) is 18.5. The number of nitrogens with one attached hydrogen (secondary N) is 2. The van der Waals surface area contributed by atoms with Gasteiger partial charge in [-0.05, 0) is 18.2 Å². The van der Waals surface area contributed by atoms with Gasteiger partial charge >= 0.3 is 6.03 Å². The Bertz CT molecular complexity index is 911. The molecule has 2 aliphatic rings. The van der Waals surface area contributed by atoms with Gasteiger partial charge in [-0.2, -0.15) is 0 Å². The van der Waals surface area contributed by atoms with E-state index in [1.807, 2.05) is 0 Å². The number of aliphatic hydroxyl groups excluding tert-OH is 2. The fourth-order valence-corrected chi connectivity index (χ4v) is 4.34. The first-order valence-electron chi connectivity index (χ1n) is 11.0. The van der Waals surface area contributed by atoms with Crippen molar-refractivity contribution in [1.29, 1.82) is 0 Å². The van der Waals surface area contributed by atoms with E-state index in [1.54, 1.807) is 49.8 Å². The number of urea groups is 1. The zero-order chi connectivity index (χ0) is 23.2. The summed E-state index contributed by atoms with van der Waals surface area (Å²) in [5.74, 6) is 1.32. The number of carbonyl (C=O) groups is 1. The number of hydrogen-bond donors (Lipinski definition) is 4. The molecule has 11 heteroatoms. The highest BCUT2D eigenvalue weighted by atomic mass is 16.5. The third-order valence-electron chi connectivity index (χ3n) is 6.00. The van der Waals surface area contributed by atoms with Gasteiger partial charge in [0.2, 0.25) is 5.95 Å². The predicted octanol–water partition coefficient (Wildman–Crippen LogP) is -0.0819. The van der Waals surface area contributed by atoms with Crippen molar-refractivity contribution in [2.75, 3.05) is 56.7 Å². The predicted molar refractivity (Wildman–Crippen MR) is 121 cm³/mol. The Morgan fingerprint density at radius 2 is 1.94 bits per heavy atom. The molecule has 0 bridgehead atoms. The molecule has 2 aliphatic heterocycles. The van der Waals surface area contributed by atoms with Gasteiger partial charge in [0.15, 0.2) is 0 Å². The lowest BCUT2D eigenvalue weighted by Crippen LogP contribution is -2.57. The summed E-state index contributed by atoms with van der Waals surface area (Å²) in [5, 5.41) is 26.0. The number of aromatic nitrogens is 2. The lowest BCUT2D eigenvalue weighted by atomic mass is 10.0. The Hall–Kier alpha value is -2.99. The number of anilines is 2. The van der Waals surface area contributed by atoms with Gasteiger partial charge < -0.3 is 35.2 Å². The van der Waals surface area contributed by atoms with Crippen LogP contribution < -0.4 is 20.3 Å². The molecule has 4 N–H and O–H groups in total. The van der Waals surface area contributed by atoms with E-state index in [4.69, 9.17) is 9.47 Å². The number of rotatable bonds is 7. The monoisotopic (exact) mass is 458 g/mol. The van der Waals surface area contributed by atoms with Gasteiger partial charge in [0.25, 0.3) is 0 Å². The van der Waals surface area contributed by atoms with Crippen LogP contribution in [0.1, 0.15) is 0 Å². The Morgan fingerprint density at radius 3 is 2.64 bits per heavy atom. The fourth-order valence-electron chi connectivity index (χ4n) is 4.34. The molecule has 2 aromatic rings. The summed E-state index contributed by atoms with van der Waals surface area (Å²) < 4.78 is 11.1. The third-order valence-corrected chi connectivity index (χ3v) is 6.00. The quantitative estimate of drug-likeness (QED) is 0.450. The van der Waals surface area contributed by atoms with Crippen LogP contribution in [0.25, 0.3) is 0 Å². The lowest BCUT2D eigenvalue weighted by molar-refractivity contribution is -0.0205. The number of piperazine rings is 1. The minimum atomic E-state index is -0.859. The molecular weight excluding hydrogens is 428 g/mol. The number of ether oxygens (including phenoxy) is 2. The molecular formula is C22H30N6O5. The summed E-state index contributed by atoms with van der Waals surface area (Å²) in [7, 11) is 1.56. The average Bonchev–Trinajstić information content (AvgIpc) is 3.18. The second-order valence-corrected chi connectivity index (χ2v) is 8.02. The van der Waals surface area contributed by atoms with E-state index >= 15 is 0 Å². The molecule has 33 heavy (non-hydrogen) atoms. The molecule has 2 amide bonds. The maximum Gasteiger partial charge on any atom is 0.319 e. The maximum absolute atomic E-state index is 12.4. The van der Waals surface area contributed by atoms with Crippen LogP contribution in [-0.4, -0.2) is 102 Å². The summed E-state index contributed by atoms with van der Waals surface area (Å²) in [4.78, 5) is 25.3. The van der Waals surface area contributed by atoms with Crippen LogP contribution in [0.3, 0.4) is 0 Å². The van der Waals surface area contributed by atoms with Crippen molar-refractivity contribution in [2.45, 2.75) is 24.4 Å². The summed E-state index contributed by atoms with van der Waals surface area (Å²) in [6.07, 6.45) is 1.41. The van der Waals surface area contributed by atoms with E-state index in [1.165, 1.54) is 0 Å². The second-order valence-electron chi connectivity index (χ2n) is 8.02. The molecule has 2 saturated heterocycles. The number of methoxy groups -OCH3 is 1. The first kappa shape index (κ1) is 23.2. The molecule has 0 saturated carbocycles. The second kappa shape index (κ2) is 10.8. The summed E-state index contributed by atoms with van der Waals surface area (Å²) in [6, 6.07) is 8.10. The highest BCUT2D eigenvalue weighted by Gasteiger charge is 2.46. The Balaban J connectivity index is 1.35. The van der Waals surface area contributed by atoms with Gasteiger partial charge in [-0.25, -0.2) is 14.8 Å². The van der Waals surface area contributed by atoms with E-state index in [0.717, 1.165) is 0 Å². The van der Waals surface area contributed by atoms with Crippen molar-refractivity contribution in [3.05, 3.63) is 42.7 Å². The molecule has 2 fully saturated rings. The van der Waals surface area contributed by atoms with E-state index < -0.39 is 24.3 Å². The van der Waals surface area contributed by atoms with Crippen LogP contribution in [0, 0.1) is 0 Å². The first-order valence-corrected chi connectivity index (χ1v) is 11.0. The van der Waals surface area contributed by atoms with E-state index in [2.05, 4.69) is 30.4 Å². The van der Waals surface area contributed by atoms with Crippen molar-refractivity contribution in [1.82, 2.24) is 20.2 Å². The highest BCUT2D eigenvalue weighted by Crippen LogP contribution is 2.27. The van der Waals surface area contributed by atoms with E-state index in [-0.39, 0.29) is 19.2 Å². The third kappa shape index (κ3) is 5.50. The number of carbonyl (C=O) groups excluding carboxylic acids is 1. The molecule has 0 unspecified atom stereocenters. The molecule has 4 rings (SSSR count). The Kier molecular flexibility index (Phi) is 7.55. The number of aliphatic hydroxyl groups is 2. The van der Waals surface area contributed by atoms with Crippen LogP contribution in [0.2, 0.25) is 0 Å². The molecule has 1 aromatic heterocycles. The van der Waals surface area contributed by atoms with Crippen LogP contribution in [0.4, 0.5) is 16.4 Å². The molecule has 0 aliphatic carbocycles. The minimum absolute atomic E-state index is 0.191. The minimum Gasteiger partial charge on any atom is -0.497 e. The molecule has 4 atom stereocenters. The van der Waals surface area contributed by atoms with Gasteiger partial charge in [0.1, 0.15) is 18.0 Å². The molecule has 0 spiro atoms. The molecule has 178 valence electrons. The Morgan fingerprint density at radius 1 is 1.18 bits per heavy atom. The summed E-state index contributed by atoms with van der Waals surface area (Å²) in [6.45, 7) is 2.65. The van der Waals surface area contributed by atoms with Gasteiger partial charge in [0, 0.05) is 56.9 Å². The number of nitrogens with zero attached hydrogens (tertiary/aromatic N) is 4. The van der Waals surface area contributed by atoms with Crippen molar-refractivity contribution >= 4 is 17.7 Å². The van der Waals surface area contributed by atoms with Gasteiger partial charge in [-0.3, -0.25) is 4.90 Å². The van der Waals surface area contributed by atoms with Crippen LogP contribution >= 0.6 is 0 Å². The van der Waals surface area contributed by atoms with E-state index in [9.17, 15) is 15.0 Å². The van der Waals surface area contributed by atoms with E-state index in [0.29, 0.717) is 43.6 Å². The maximum atomic E-state index is 12.4. The van der Waals surface area contributed by atoms with Crippen LogP contribution in [0.15, 0.2) is 42.7 Å². The first-order chi connectivity index (χ1) is 16.1. The average molecular weight is 459 g/mol. The van der Waals surface area contributed by atoms with Crippen molar-refractivity contribution < 1.29 is 24.5 Å². The van der Waals surface area contributed by atoms with Crippen molar-refractivity contribution in [2.24, 2.45) is 0 Å². The Labute approximate surface area is 192 Å². The highest BCUT2D eigenvalue weighted by molar-refractivity contribution is 5.89. The smallest absolute Gasteiger partial charge is 0.319 e. The topological polar surface area (TPSA) is 132 Å². The number of hydrogen-bond acceptors (Lipinski definition) is 9. The number of benzene rings is 1. The van der Waals surface area contributed by atoms with Gasteiger partial charge in [0.05, 0.1) is 25.9 Å². The van der Waals surface area contributed by atoms with Crippen molar-refractivity contribution in [3.63, 3.8) is 0 Å². The van der Waals surface area contributed by atoms with Gasteiger partial charge in [-0.1, -0.05) is 6.07 Å². The van der Waals surface area contributed by atoms with Crippen LogP contribution in [-0.2, 0) is 4.74 Å². The normalized spacial score (nSPS) is 25.6. The fraction of sp³-hybridized carbons (Fsp3) is 0.500. The molecule has 11 nitrogen and oxygen atoms in total. The molecule has 1 aromatic carbocycles. The van der Waals surface area contributed by atoms with Crippen LogP contribution in [0.5, 0.6) is 5.75 Å². The zero-order valence-corrected chi connectivity index (χ0v) is 18.5. The summed E-state index contributed by atoms with van der Waals surface area (Å²) in [5.41, 5.74) is 0.600. The SMILES string of the molecule is COc1cccc(NC(=O)NC[C@@H]2O[C@@H](CO)[C@@H](O)[C@H]2N2CCN(c3ncccn3)CC2)c1. The summed E-state index contributed by atoms with van der Waals surface area (Å²) >= 11 is 0. The number of amides is 2. The molecule has 0 radical (unpaired) electrons. The van der Waals surface area contributed by atoms with Crippen molar-refractivity contribution in [3.8, 4) is 5.75 Å². The lowest BCUT2D eigenvalue weighted by Gasteiger charge is -2.40. The largest absolute Gasteiger partial charge is 0.497 e.